The molecular formula is C14H15NO3S. The number of hydrogen-bond donors (Lipinski definition) is 2. The lowest BCUT2D eigenvalue weighted by atomic mass is 10.2. The molecule has 4 nitrogen and oxygen atoms in total. The molecule has 0 unspecified atom stereocenters. The predicted molar refractivity (Wildman–Crippen MR) is 74.4 cm³/mol. The van der Waals surface area contributed by atoms with E-state index in [-0.39, 0.29) is 11.5 Å². The van der Waals surface area contributed by atoms with Gasteiger partial charge in [-0.25, -0.2) is 8.42 Å². The summed E-state index contributed by atoms with van der Waals surface area (Å²) in [4.78, 5) is 0.0979. The Morgan fingerprint density at radius 1 is 1.05 bits per heavy atom. The summed E-state index contributed by atoms with van der Waals surface area (Å²) < 4.78 is 27.2. The number of hydrogen-bond acceptors (Lipinski definition) is 3. The van der Waals surface area contributed by atoms with Crippen LogP contribution in [0.4, 0.5) is 5.69 Å². The van der Waals surface area contributed by atoms with E-state index in [0.717, 1.165) is 5.56 Å². The van der Waals surface area contributed by atoms with Crippen LogP contribution >= 0.6 is 0 Å². The van der Waals surface area contributed by atoms with Crippen molar-refractivity contribution in [3.8, 4) is 0 Å². The van der Waals surface area contributed by atoms with Crippen LogP contribution in [0.1, 0.15) is 11.1 Å². The second kappa shape index (κ2) is 5.42. The average molecular weight is 277 g/mol. The number of nitrogens with one attached hydrogen (secondary N) is 1. The largest absolute Gasteiger partial charge is 0.392 e. The molecule has 0 atom stereocenters. The third kappa shape index (κ3) is 2.94. The van der Waals surface area contributed by atoms with Gasteiger partial charge in [-0.2, -0.15) is 0 Å². The number of sulfonamides is 1. The first-order valence-electron chi connectivity index (χ1n) is 5.82. The van der Waals surface area contributed by atoms with Gasteiger partial charge in [0.25, 0.3) is 10.0 Å². The van der Waals surface area contributed by atoms with Crippen LogP contribution in [0.3, 0.4) is 0 Å². The summed E-state index contributed by atoms with van der Waals surface area (Å²) in [6.07, 6.45) is 0. The molecule has 0 fully saturated rings. The van der Waals surface area contributed by atoms with Crippen LogP contribution in [0.15, 0.2) is 53.4 Å². The van der Waals surface area contributed by atoms with Crippen molar-refractivity contribution in [2.24, 2.45) is 0 Å². The molecule has 0 aliphatic carbocycles. The Hall–Kier alpha value is -1.85. The van der Waals surface area contributed by atoms with E-state index in [1.807, 2.05) is 19.1 Å². The van der Waals surface area contributed by atoms with Gasteiger partial charge in [0, 0.05) is 0 Å². The maximum atomic E-state index is 12.3. The molecule has 0 heterocycles. The van der Waals surface area contributed by atoms with Crippen LogP contribution in [0, 0.1) is 6.92 Å². The van der Waals surface area contributed by atoms with Crippen LogP contribution in [0.2, 0.25) is 0 Å². The molecule has 5 heteroatoms. The minimum Gasteiger partial charge on any atom is -0.392 e. The summed E-state index contributed by atoms with van der Waals surface area (Å²) in [6.45, 7) is 1.51. The van der Waals surface area contributed by atoms with Gasteiger partial charge in [-0.1, -0.05) is 36.4 Å². The van der Waals surface area contributed by atoms with Crippen molar-refractivity contribution in [3.63, 3.8) is 0 Å². The van der Waals surface area contributed by atoms with Gasteiger partial charge in [-0.05, 0) is 30.2 Å². The smallest absolute Gasteiger partial charge is 0.262 e. The van der Waals surface area contributed by atoms with E-state index in [2.05, 4.69) is 4.72 Å². The van der Waals surface area contributed by atoms with E-state index in [1.165, 1.54) is 6.07 Å². The van der Waals surface area contributed by atoms with E-state index >= 15 is 0 Å². The Kier molecular flexibility index (Phi) is 3.87. The van der Waals surface area contributed by atoms with Gasteiger partial charge in [-0.15, -0.1) is 0 Å². The molecule has 0 aliphatic heterocycles. The van der Waals surface area contributed by atoms with Crippen molar-refractivity contribution >= 4 is 15.7 Å². The Bertz CT molecular complexity index is 681. The van der Waals surface area contributed by atoms with Gasteiger partial charge < -0.3 is 5.11 Å². The number of aryl methyl sites for hydroxylation is 1. The maximum absolute atomic E-state index is 12.3. The van der Waals surface area contributed by atoms with Crippen LogP contribution in [0.5, 0.6) is 0 Å². The van der Waals surface area contributed by atoms with E-state index < -0.39 is 10.0 Å². The third-order valence-electron chi connectivity index (χ3n) is 2.82. The van der Waals surface area contributed by atoms with Crippen LogP contribution in [-0.4, -0.2) is 13.5 Å². The van der Waals surface area contributed by atoms with Gasteiger partial charge >= 0.3 is 0 Å². The van der Waals surface area contributed by atoms with E-state index in [0.29, 0.717) is 11.3 Å². The van der Waals surface area contributed by atoms with Gasteiger partial charge in [0.05, 0.1) is 17.2 Å². The van der Waals surface area contributed by atoms with E-state index in [1.54, 1.807) is 30.3 Å². The molecule has 0 aromatic heterocycles. The molecule has 2 aromatic carbocycles. The van der Waals surface area contributed by atoms with Crippen LogP contribution < -0.4 is 4.72 Å². The summed E-state index contributed by atoms with van der Waals surface area (Å²) in [5.41, 5.74) is 1.76. The lowest BCUT2D eigenvalue weighted by Gasteiger charge is -2.12. The quantitative estimate of drug-likeness (QED) is 0.901. The number of rotatable bonds is 4. The Morgan fingerprint density at radius 2 is 1.68 bits per heavy atom. The van der Waals surface area contributed by atoms with Crippen molar-refractivity contribution in [3.05, 3.63) is 59.7 Å². The summed E-state index contributed by atoms with van der Waals surface area (Å²) in [6, 6.07) is 13.5. The lowest BCUT2D eigenvalue weighted by molar-refractivity contribution is 0.278. The molecule has 0 radical (unpaired) electrons. The van der Waals surface area contributed by atoms with Gasteiger partial charge in [0.2, 0.25) is 0 Å². The van der Waals surface area contributed by atoms with Crippen molar-refractivity contribution < 1.29 is 13.5 Å². The topological polar surface area (TPSA) is 66.4 Å². The lowest BCUT2D eigenvalue weighted by Crippen LogP contribution is -2.15. The number of aliphatic hydroxyl groups excluding tert-OH is 1. The van der Waals surface area contributed by atoms with Gasteiger partial charge in [0.1, 0.15) is 0 Å². The molecule has 2 rings (SSSR count). The number of benzene rings is 2. The zero-order valence-electron chi connectivity index (χ0n) is 10.5. The van der Waals surface area contributed by atoms with Gasteiger partial charge in [0.15, 0.2) is 0 Å². The minimum atomic E-state index is -3.69. The highest BCUT2D eigenvalue weighted by Crippen LogP contribution is 2.21. The average Bonchev–Trinajstić information content (AvgIpc) is 2.41. The highest BCUT2D eigenvalue weighted by Gasteiger charge is 2.18. The summed E-state index contributed by atoms with van der Waals surface area (Å²) in [5.74, 6) is 0. The molecule has 19 heavy (non-hydrogen) atoms. The second-order valence-corrected chi connectivity index (χ2v) is 5.84. The SMILES string of the molecule is Cc1ccccc1NS(=O)(=O)c1ccccc1CO. The molecule has 100 valence electrons. The fourth-order valence-corrected chi connectivity index (χ4v) is 3.15. The molecule has 2 N–H and O–H groups in total. The maximum Gasteiger partial charge on any atom is 0.262 e. The number of anilines is 1. The fraction of sp³-hybridized carbons (Fsp3) is 0.143. The molecule has 0 amide bonds. The monoisotopic (exact) mass is 277 g/mol. The van der Waals surface area contributed by atoms with Crippen molar-refractivity contribution in [2.45, 2.75) is 18.4 Å². The fourth-order valence-electron chi connectivity index (χ4n) is 1.78. The first-order valence-corrected chi connectivity index (χ1v) is 7.30. The molecule has 2 aromatic rings. The highest BCUT2D eigenvalue weighted by molar-refractivity contribution is 7.92. The molecule has 0 saturated heterocycles. The molecule has 0 bridgehead atoms. The standard InChI is InChI=1S/C14H15NO3S/c1-11-6-2-4-8-13(11)15-19(17,18)14-9-5-3-7-12(14)10-16/h2-9,15-16H,10H2,1H3. The predicted octanol–water partition coefficient (Wildman–Crippen LogP) is 2.29. The number of para-hydroxylation sites is 1. The van der Waals surface area contributed by atoms with E-state index in [4.69, 9.17) is 0 Å². The van der Waals surface area contributed by atoms with E-state index in [9.17, 15) is 13.5 Å². The normalized spacial score (nSPS) is 11.3. The zero-order valence-corrected chi connectivity index (χ0v) is 11.3. The minimum absolute atomic E-state index is 0.0979. The Balaban J connectivity index is 2.41. The third-order valence-corrected chi connectivity index (χ3v) is 4.29. The second-order valence-electron chi connectivity index (χ2n) is 4.19. The first kappa shape index (κ1) is 13.6. The summed E-state index contributed by atoms with van der Waals surface area (Å²) >= 11 is 0. The van der Waals surface area contributed by atoms with Gasteiger partial charge in [-0.3, -0.25) is 4.72 Å². The van der Waals surface area contributed by atoms with Crippen LogP contribution in [0.25, 0.3) is 0 Å². The van der Waals surface area contributed by atoms with Crippen LogP contribution in [-0.2, 0) is 16.6 Å². The molecule has 0 aliphatic rings. The molecule has 0 saturated carbocycles. The van der Waals surface area contributed by atoms with Crippen molar-refractivity contribution in [1.82, 2.24) is 0 Å². The first-order chi connectivity index (χ1) is 9.04. The highest BCUT2D eigenvalue weighted by atomic mass is 32.2. The Morgan fingerprint density at radius 3 is 2.37 bits per heavy atom. The van der Waals surface area contributed by atoms with Crippen molar-refractivity contribution in [2.75, 3.05) is 4.72 Å². The summed E-state index contributed by atoms with van der Waals surface area (Å²) in [5, 5.41) is 9.21. The summed E-state index contributed by atoms with van der Waals surface area (Å²) in [7, 11) is -3.69. The molecule has 0 spiro atoms. The zero-order chi connectivity index (χ0) is 13.9. The number of aliphatic hydroxyl groups is 1. The molecular weight excluding hydrogens is 262 g/mol. The van der Waals surface area contributed by atoms with Crippen molar-refractivity contribution in [1.29, 1.82) is 0 Å². The Labute approximate surface area is 112 Å².